The monoisotopic (exact) mass is 348 g/mol. The van der Waals surface area contributed by atoms with Crippen LogP contribution in [0.1, 0.15) is 31.2 Å². The van der Waals surface area contributed by atoms with Crippen molar-refractivity contribution in [3.8, 4) is 17.2 Å². The lowest BCUT2D eigenvalue weighted by molar-refractivity contribution is -0.143. The molecule has 0 N–H and O–H groups in total. The summed E-state index contributed by atoms with van der Waals surface area (Å²) in [7, 11) is 4.69. The van der Waals surface area contributed by atoms with E-state index in [-0.39, 0.29) is 5.91 Å². The van der Waals surface area contributed by atoms with Crippen LogP contribution in [0.25, 0.3) is 0 Å². The summed E-state index contributed by atoms with van der Waals surface area (Å²) in [6.45, 7) is 1.61. The molecule has 2 aliphatic heterocycles. The van der Waals surface area contributed by atoms with Gasteiger partial charge in [-0.15, -0.1) is 0 Å². The highest BCUT2D eigenvalue weighted by atomic mass is 16.6. The van der Waals surface area contributed by atoms with Gasteiger partial charge in [-0.05, 0) is 31.4 Å². The molecule has 0 spiro atoms. The number of oxime groups is 1. The molecule has 0 radical (unpaired) electrons. The zero-order valence-electron chi connectivity index (χ0n) is 14.9. The van der Waals surface area contributed by atoms with Gasteiger partial charge in [-0.2, -0.15) is 0 Å². The van der Waals surface area contributed by atoms with Crippen molar-refractivity contribution in [2.75, 3.05) is 34.4 Å². The molecule has 3 rings (SSSR count). The second kappa shape index (κ2) is 7.63. The summed E-state index contributed by atoms with van der Waals surface area (Å²) in [5, 5.41) is 4.13. The molecule has 1 aromatic rings. The van der Waals surface area contributed by atoms with E-state index in [0.717, 1.165) is 31.5 Å². The molecule has 1 aromatic carbocycles. The summed E-state index contributed by atoms with van der Waals surface area (Å²) in [6, 6.07) is 3.63. The topological polar surface area (TPSA) is 69.6 Å². The van der Waals surface area contributed by atoms with Crippen molar-refractivity contribution in [3.63, 3.8) is 0 Å². The molecule has 2 aliphatic rings. The number of carbonyl (C=O) groups excluding carboxylic acids is 1. The van der Waals surface area contributed by atoms with Crippen LogP contribution in [0.3, 0.4) is 0 Å². The molecule has 0 saturated carbocycles. The van der Waals surface area contributed by atoms with E-state index in [1.807, 2.05) is 17.0 Å². The average molecular weight is 348 g/mol. The summed E-state index contributed by atoms with van der Waals surface area (Å²) in [4.78, 5) is 19.9. The summed E-state index contributed by atoms with van der Waals surface area (Å²) in [5.74, 6) is 1.64. The van der Waals surface area contributed by atoms with Crippen LogP contribution in [0.2, 0.25) is 0 Å². The average Bonchev–Trinajstić information content (AvgIpc) is 3.17. The minimum absolute atomic E-state index is 0.0193. The lowest BCUT2D eigenvalue weighted by Crippen LogP contribution is -2.42. The Kier molecular flexibility index (Phi) is 5.31. The molecule has 7 heteroatoms. The van der Waals surface area contributed by atoms with Crippen LogP contribution in [-0.2, 0) is 9.63 Å². The second-order valence-electron chi connectivity index (χ2n) is 6.14. The third kappa shape index (κ3) is 3.50. The fourth-order valence-corrected chi connectivity index (χ4v) is 3.25. The van der Waals surface area contributed by atoms with Crippen molar-refractivity contribution >= 4 is 11.6 Å². The Bertz CT molecular complexity index is 642. The van der Waals surface area contributed by atoms with Crippen molar-refractivity contribution in [1.82, 2.24) is 4.90 Å². The van der Waals surface area contributed by atoms with Crippen LogP contribution in [0, 0.1) is 0 Å². The van der Waals surface area contributed by atoms with E-state index in [0.29, 0.717) is 29.4 Å². The number of carbonyl (C=O) groups is 1. The summed E-state index contributed by atoms with van der Waals surface area (Å²) in [6.07, 6.45) is 3.18. The number of benzene rings is 1. The van der Waals surface area contributed by atoms with Crippen LogP contribution >= 0.6 is 0 Å². The number of piperidine rings is 1. The number of ether oxygens (including phenoxy) is 3. The highest BCUT2D eigenvalue weighted by molar-refractivity contribution is 6.04. The van der Waals surface area contributed by atoms with Gasteiger partial charge in [-0.1, -0.05) is 5.16 Å². The number of hydrogen-bond donors (Lipinski definition) is 0. The standard InChI is InChI=1S/C18H24N2O5/c1-22-14-9-12(10-15(23-2)17(14)24-3)13-11-16(25-19-13)18(21)20-7-5-4-6-8-20/h9-10,16H,4-8,11H2,1-3H3/t16-/m0/s1. The quantitative estimate of drug-likeness (QED) is 0.816. The van der Waals surface area contributed by atoms with Gasteiger partial charge in [0.2, 0.25) is 11.9 Å². The first-order valence-corrected chi connectivity index (χ1v) is 8.49. The van der Waals surface area contributed by atoms with Crippen LogP contribution in [0.5, 0.6) is 17.2 Å². The lowest BCUT2D eigenvalue weighted by atomic mass is 10.0. The molecule has 0 aromatic heterocycles. The van der Waals surface area contributed by atoms with Gasteiger partial charge in [-0.3, -0.25) is 4.79 Å². The molecule has 1 atom stereocenters. The van der Waals surface area contributed by atoms with Crippen molar-refractivity contribution in [2.24, 2.45) is 5.16 Å². The number of hydrogen-bond acceptors (Lipinski definition) is 6. The molecular formula is C18H24N2O5. The van der Waals surface area contributed by atoms with Crippen LogP contribution in [0.15, 0.2) is 17.3 Å². The Labute approximate surface area is 147 Å². The number of amides is 1. The first-order valence-electron chi connectivity index (χ1n) is 8.49. The first-order chi connectivity index (χ1) is 12.2. The molecule has 2 heterocycles. The van der Waals surface area contributed by atoms with E-state index in [1.165, 1.54) is 6.42 Å². The van der Waals surface area contributed by atoms with Gasteiger partial charge in [0.25, 0.3) is 5.91 Å². The molecular weight excluding hydrogens is 324 g/mol. The molecule has 1 amide bonds. The minimum atomic E-state index is -0.549. The minimum Gasteiger partial charge on any atom is -0.493 e. The number of likely N-dealkylation sites (tertiary alicyclic amines) is 1. The van der Waals surface area contributed by atoms with Crippen LogP contribution in [-0.4, -0.2) is 57.0 Å². The zero-order chi connectivity index (χ0) is 17.8. The van der Waals surface area contributed by atoms with E-state index < -0.39 is 6.10 Å². The lowest BCUT2D eigenvalue weighted by Gasteiger charge is -2.28. The van der Waals surface area contributed by atoms with Crippen molar-refractivity contribution in [2.45, 2.75) is 31.8 Å². The molecule has 7 nitrogen and oxygen atoms in total. The Morgan fingerprint density at radius 3 is 2.28 bits per heavy atom. The largest absolute Gasteiger partial charge is 0.493 e. The molecule has 0 bridgehead atoms. The van der Waals surface area contributed by atoms with Crippen molar-refractivity contribution in [1.29, 1.82) is 0 Å². The van der Waals surface area contributed by atoms with E-state index in [2.05, 4.69) is 5.16 Å². The van der Waals surface area contributed by atoms with Crippen LogP contribution < -0.4 is 14.2 Å². The maximum atomic E-state index is 12.6. The molecule has 1 fully saturated rings. The van der Waals surface area contributed by atoms with Gasteiger partial charge in [0.15, 0.2) is 11.5 Å². The number of rotatable bonds is 5. The zero-order valence-corrected chi connectivity index (χ0v) is 14.9. The van der Waals surface area contributed by atoms with Crippen molar-refractivity contribution < 1.29 is 23.8 Å². The van der Waals surface area contributed by atoms with E-state index >= 15 is 0 Å². The van der Waals surface area contributed by atoms with E-state index in [1.54, 1.807) is 21.3 Å². The van der Waals surface area contributed by atoms with Gasteiger partial charge in [0, 0.05) is 25.1 Å². The smallest absolute Gasteiger partial charge is 0.266 e. The van der Waals surface area contributed by atoms with E-state index in [9.17, 15) is 4.79 Å². The maximum absolute atomic E-state index is 12.6. The van der Waals surface area contributed by atoms with E-state index in [4.69, 9.17) is 19.0 Å². The number of methoxy groups -OCH3 is 3. The molecule has 0 unspecified atom stereocenters. The highest BCUT2D eigenvalue weighted by Gasteiger charge is 2.33. The third-order valence-electron chi connectivity index (χ3n) is 4.61. The van der Waals surface area contributed by atoms with Gasteiger partial charge >= 0.3 is 0 Å². The Morgan fingerprint density at radius 2 is 1.72 bits per heavy atom. The van der Waals surface area contributed by atoms with Gasteiger partial charge in [-0.25, -0.2) is 0 Å². The summed E-state index contributed by atoms with van der Waals surface area (Å²) in [5.41, 5.74) is 1.50. The van der Waals surface area contributed by atoms with Gasteiger partial charge < -0.3 is 23.9 Å². The summed E-state index contributed by atoms with van der Waals surface area (Å²) >= 11 is 0. The Hall–Kier alpha value is -2.44. The predicted molar refractivity (Wildman–Crippen MR) is 92.6 cm³/mol. The van der Waals surface area contributed by atoms with Gasteiger partial charge in [0.05, 0.1) is 27.0 Å². The van der Waals surface area contributed by atoms with Crippen molar-refractivity contribution in [3.05, 3.63) is 17.7 Å². The second-order valence-corrected chi connectivity index (χ2v) is 6.14. The summed E-state index contributed by atoms with van der Waals surface area (Å²) < 4.78 is 16.1. The Morgan fingerprint density at radius 1 is 1.08 bits per heavy atom. The van der Waals surface area contributed by atoms with Crippen LogP contribution in [0.4, 0.5) is 0 Å². The molecule has 1 saturated heterocycles. The molecule has 0 aliphatic carbocycles. The Balaban J connectivity index is 1.76. The first kappa shape index (κ1) is 17.4. The maximum Gasteiger partial charge on any atom is 0.266 e. The third-order valence-corrected chi connectivity index (χ3v) is 4.61. The number of nitrogens with zero attached hydrogens (tertiary/aromatic N) is 2. The fourth-order valence-electron chi connectivity index (χ4n) is 3.25. The molecule has 25 heavy (non-hydrogen) atoms. The SMILES string of the molecule is COc1cc(C2=NO[C@H](C(=O)N3CCCCC3)C2)cc(OC)c1OC. The highest BCUT2D eigenvalue weighted by Crippen LogP contribution is 2.39. The normalized spacial score (nSPS) is 19.9. The van der Waals surface area contributed by atoms with Gasteiger partial charge in [0.1, 0.15) is 0 Å². The fraction of sp³-hybridized carbons (Fsp3) is 0.556. The predicted octanol–water partition coefficient (Wildman–Crippen LogP) is 2.22. The molecule has 136 valence electrons.